The van der Waals surface area contributed by atoms with E-state index >= 15 is 0 Å². The third-order valence-corrected chi connectivity index (χ3v) is 6.91. The Bertz CT molecular complexity index is 348. The van der Waals surface area contributed by atoms with Crippen LogP contribution >= 0.6 is 24.8 Å². The summed E-state index contributed by atoms with van der Waals surface area (Å²) in [7, 11) is 0. The van der Waals surface area contributed by atoms with E-state index in [0.717, 1.165) is 17.8 Å². The van der Waals surface area contributed by atoms with Gasteiger partial charge < -0.3 is 0 Å². The molecule has 4 saturated carbocycles. The summed E-state index contributed by atoms with van der Waals surface area (Å²) in [5.41, 5.74) is 0.992. The molecule has 1 heterocycles. The lowest BCUT2D eigenvalue weighted by Gasteiger charge is -2.62. The van der Waals surface area contributed by atoms with E-state index < -0.39 is 0 Å². The zero-order valence-electron chi connectivity index (χ0n) is 14.5. The van der Waals surface area contributed by atoms with Gasteiger partial charge in [0.15, 0.2) is 0 Å². The summed E-state index contributed by atoms with van der Waals surface area (Å²) >= 11 is 0. The molecule has 4 bridgehead atoms. The van der Waals surface area contributed by atoms with Gasteiger partial charge in [0.05, 0.1) is 0 Å². The lowest BCUT2D eigenvalue weighted by molar-refractivity contribution is -0.107. The molecule has 1 saturated heterocycles. The predicted octanol–water partition coefficient (Wildman–Crippen LogP) is 4.21. The largest absolute Gasteiger partial charge is 0.296 e. The topological polar surface area (TPSA) is 6.48 Å². The van der Waals surface area contributed by atoms with Crippen molar-refractivity contribution in [2.45, 2.75) is 70.4 Å². The van der Waals surface area contributed by atoms with E-state index in [4.69, 9.17) is 0 Å². The highest BCUT2D eigenvalue weighted by Crippen LogP contribution is 2.57. The maximum absolute atomic E-state index is 2.93. The van der Waals surface area contributed by atoms with Crippen LogP contribution in [-0.4, -0.2) is 47.1 Å². The number of hydrogen-bond acceptors (Lipinski definition) is 2. The van der Waals surface area contributed by atoms with Crippen LogP contribution in [0.25, 0.3) is 0 Å². The Labute approximate surface area is 149 Å². The number of piperazine rings is 1. The molecule has 4 aliphatic carbocycles. The first-order chi connectivity index (χ1) is 9.45. The van der Waals surface area contributed by atoms with E-state index in [0.29, 0.717) is 11.1 Å². The molecule has 130 valence electrons. The van der Waals surface area contributed by atoms with Gasteiger partial charge in [0.1, 0.15) is 0 Å². The van der Waals surface area contributed by atoms with Crippen LogP contribution in [0.1, 0.15) is 59.3 Å². The molecule has 0 aromatic carbocycles. The fourth-order valence-electron chi connectivity index (χ4n) is 6.30. The van der Waals surface area contributed by atoms with Crippen LogP contribution in [0, 0.1) is 17.8 Å². The molecule has 2 nitrogen and oxygen atoms in total. The Kier molecular flexibility index (Phi) is 5.50. The highest BCUT2D eigenvalue weighted by Gasteiger charge is 2.53. The molecule has 0 spiro atoms. The van der Waals surface area contributed by atoms with Crippen LogP contribution < -0.4 is 0 Å². The minimum absolute atomic E-state index is 0. The molecule has 0 aromatic heterocycles. The Morgan fingerprint density at radius 1 is 0.727 bits per heavy atom. The van der Waals surface area contributed by atoms with Gasteiger partial charge in [-0.1, -0.05) is 0 Å². The second-order valence-electron chi connectivity index (χ2n) is 9.29. The summed E-state index contributed by atoms with van der Waals surface area (Å²) in [5.74, 6) is 3.26. The zero-order valence-corrected chi connectivity index (χ0v) is 16.1. The van der Waals surface area contributed by atoms with Gasteiger partial charge in [-0.15, -0.1) is 24.8 Å². The van der Waals surface area contributed by atoms with Gasteiger partial charge in [0.2, 0.25) is 0 Å². The second-order valence-corrected chi connectivity index (χ2v) is 9.29. The molecule has 4 heteroatoms. The molecule has 0 atom stereocenters. The fraction of sp³-hybridized carbons (Fsp3) is 1.00. The molecule has 5 aliphatic rings. The first kappa shape index (κ1) is 18.8. The summed E-state index contributed by atoms with van der Waals surface area (Å²) in [4.78, 5) is 5.61. The van der Waals surface area contributed by atoms with Crippen molar-refractivity contribution < 1.29 is 0 Å². The van der Waals surface area contributed by atoms with Crippen LogP contribution in [0.3, 0.4) is 0 Å². The predicted molar refractivity (Wildman–Crippen MR) is 98.3 cm³/mol. The monoisotopic (exact) mass is 348 g/mol. The Hall–Kier alpha value is 0.500. The SMILES string of the molecule is CC(C)(C)N1CCN(C23CC4CC(CC(C4)C2)C3)CC1.Cl.Cl. The van der Waals surface area contributed by atoms with Crippen molar-refractivity contribution in [3.63, 3.8) is 0 Å². The van der Waals surface area contributed by atoms with Crippen molar-refractivity contribution in [3.05, 3.63) is 0 Å². The Morgan fingerprint density at radius 2 is 1.14 bits per heavy atom. The van der Waals surface area contributed by atoms with Crippen LogP contribution in [-0.2, 0) is 0 Å². The molecule has 5 fully saturated rings. The van der Waals surface area contributed by atoms with Crippen molar-refractivity contribution in [1.29, 1.82) is 0 Å². The van der Waals surface area contributed by atoms with Gasteiger partial charge in [-0.2, -0.15) is 0 Å². The summed E-state index contributed by atoms with van der Waals surface area (Å²) in [6.45, 7) is 12.3. The van der Waals surface area contributed by atoms with Crippen molar-refractivity contribution in [2.24, 2.45) is 17.8 Å². The van der Waals surface area contributed by atoms with Gasteiger partial charge in [0, 0.05) is 37.3 Å². The highest BCUT2D eigenvalue weighted by molar-refractivity contribution is 5.85. The van der Waals surface area contributed by atoms with E-state index in [2.05, 4.69) is 30.6 Å². The minimum Gasteiger partial charge on any atom is -0.296 e. The van der Waals surface area contributed by atoms with E-state index in [1.165, 1.54) is 45.4 Å². The van der Waals surface area contributed by atoms with Crippen LogP contribution in [0.2, 0.25) is 0 Å². The maximum Gasteiger partial charge on any atom is 0.0218 e. The first-order valence-corrected chi connectivity index (χ1v) is 8.95. The molecule has 0 unspecified atom stereocenters. The van der Waals surface area contributed by atoms with Gasteiger partial charge >= 0.3 is 0 Å². The molecular formula is C18H34Cl2N2. The van der Waals surface area contributed by atoms with E-state index in [9.17, 15) is 0 Å². The molecule has 0 radical (unpaired) electrons. The average molecular weight is 349 g/mol. The van der Waals surface area contributed by atoms with Gasteiger partial charge in [-0.05, 0) is 77.0 Å². The van der Waals surface area contributed by atoms with Crippen molar-refractivity contribution in [2.75, 3.05) is 26.2 Å². The fourth-order valence-corrected chi connectivity index (χ4v) is 6.30. The van der Waals surface area contributed by atoms with E-state index in [1.54, 1.807) is 19.3 Å². The third kappa shape index (κ3) is 3.18. The maximum atomic E-state index is 2.93. The van der Waals surface area contributed by atoms with Crippen LogP contribution in [0.4, 0.5) is 0 Å². The summed E-state index contributed by atoms with van der Waals surface area (Å²) in [6.07, 6.45) is 9.32. The molecule has 0 N–H and O–H groups in total. The Morgan fingerprint density at radius 3 is 1.50 bits per heavy atom. The number of nitrogens with zero attached hydrogens (tertiary/aromatic N) is 2. The zero-order chi connectivity index (χ0) is 14.0. The molecule has 0 aromatic rings. The molecule has 5 rings (SSSR count). The standard InChI is InChI=1S/C18H32N2.2ClH/c1-17(2,3)19-4-6-20(7-5-19)18-11-14-8-15(12-18)10-16(9-14)13-18;;/h14-16H,4-13H2,1-3H3;2*1H. The Balaban J connectivity index is 0.000000882. The lowest BCUT2D eigenvalue weighted by Crippen LogP contribution is -2.65. The van der Waals surface area contributed by atoms with E-state index in [-0.39, 0.29) is 24.8 Å². The third-order valence-electron chi connectivity index (χ3n) is 6.91. The van der Waals surface area contributed by atoms with Gasteiger partial charge in [-0.3, -0.25) is 9.80 Å². The second kappa shape index (κ2) is 6.43. The molecule has 22 heavy (non-hydrogen) atoms. The normalized spacial score (nSPS) is 41.9. The first-order valence-electron chi connectivity index (χ1n) is 8.95. The van der Waals surface area contributed by atoms with Crippen LogP contribution in [0.15, 0.2) is 0 Å². The molecule has 0 amide bonds. The van der Waals surface area contributed by atoms with E-state index in [1.807, 2.05) is 0 Å². The summed E-state index contributed by atoms with van der Waals surface area (Å²) in [5, 5.41) is 0. The average Bonchev–Trinajstić information content (AvgIpc) is 2.36. The number of rotatable bonds is 1. The summed E-state index contributed by atoms with van der Waals surface area (Å²) in [6, 6.07) is 0. The van der Waals surface area contributed by atoms with Gasteiger partial charge in [0.25, 0.3) is 0 Å². The smallest absolute Gasteiger partial charge is 0.0218 e. The minimum atomic E-state index is 0. The number of halogens is 2. The highest BCUT2D eigenvalue weighted by atomic mass is 35.5. The lowest BCUT2D eigenvalue weighted by atomic mass is 9.52. The van der Waals surface area contributed by atoms with Gasteiger partial charge in [-0.25, -0.2) is 0 Å². The quantitative estimate of drug-likeness (QED) is 0.700. The molecule has 1 aliphatic heterocycles. The molecular weight excluding hydrogens is 315 g/mol. The number of hydrogen-bond donors (Lipinski definition) is 0. The van der Waals surface area contributed by atoms with Crippen molar-refractivity contribution in [1.82, 2.24) is 9.80 Å². The summed E-state index contributed by atoms with van der Waals surface area (Å²) < 4.78 is 0. The van der Waals surface area contributed by atoms with Crippen molar-refractivity contribution >= 4 is 24.8 Å². The van der Waals surface area contributed by atoms with Crippen molar-refractivity contribution in [3.8, 4) is 0 Å². The van der Waals surface area contributed by atoms with Crippen LogP contribution in [0.5, 0.6) is 0 Å².